The van der Waals surface area contributed by atoms with Gasteiger partial charge in [0, 0.05) is 32.4 Å². The van der Waals surface area contributed by atoms with Crippen molar-refractivity contribution in [2.24, 2.45) is 0 Å². The van der Waals surface area contributed by atoms with Crippen LogP contribution in [-0.4, -0.2) is 98.9 Å². The number of esters is 4. The summed E-state index contributed by atoms with van der Waals surface area (Å²) in [5, 5.41) is 0. The molecule has 0 aromatic heterocycles. The van der Waals surface area contributed by atoms with Crippen molar-refractivity contribution in [2.45, 2.75) is 264 Å². The first-order valence-electron chi connectivity index (χ1n) is 26.3. The van der Waals surface area contributed by atoms with E-state index in [4.69, 9.17) is 18.9 Å². The molecular weight excluding hydrogens is 781 g/mol. The number of rotatable bonds is 44. The van der Waals surface area contributed by atoms with Gasteiger partial charge < -0.3 is 23.8 Å². The number of ether oxygens (including phenoxy) is 4. The van der Waals surface area contributed by atoms with Gasteiger partial charge in [0.1, 0.15) is 18.2 Å². The Labute approximate surface area is 381 Å². The molecule has 1 rings (SSSR count). The summed E-state index contributed by atoms with van der Waals surface area (Å²) in [6.07, 6.45) is 36.4. The number of carbonyl (C=O) groups excluding carboxylic acids is 4. The number of unbranched alkanes of at least 4 members (excludes halogenated alkanes) is 24. The van der Waals surface area contributed by atoms with E-state index >= 15 is 0 Å². The fourth-order valence-electron chi connectivity index (χ4n) is 8.41. The fraction of sp³-hybridized carbons (Fsp3) is 0.923. The monoisotopic (exact) mass is 879 g/mol. The molecule has 62 heavy (non-hydrogen) atoms. The molecule has 1 saturated heterocycles. The first kappa shape index (κ1) is 57.8. The van der Waals surface area contributed by atoms with Gasteiger partial charge in [0.05, 0.1) is 19.6 Å². The molecule has 1 heterocycles. The topological polar surface area (TPSA) is 112 Å². The van der Waals surface area contributed by atoms with Gasteiger partial charge in [0.15, 0.2) is 0 Å². The molecular formula is C52H98N2O8. The first-order chi connectivity index (χ1) is 30.2. The first-order valence-corrected chi connectivity index (χ1v) is 26.3. The van der Waals surface area contributed by atoms with E-state index in [-0.39, 0.29) is 36.1 Å². The van der Waals surface area contributed by atoms with E-state index in [0.717, 1.165) is 89.9 Å². The number of nitrogens with zero attached hydrogens (tertiary/aromatic N) is 2. The Morgan fingerprint density at radius 2 is 0.968 bits per heavy atom. The summed E-state index contributed by atoms with van der Waals surface area (Å²) in [5.41, 5.74) is 0. The van der Waals surface area contributed by atoms with E-state index in [0.29, 0.717) is 58.5 Å². The Hall–Kier alpha value is -2.20. The standard InChI is InChI=1S/C52H98N2O8/c1-6-9-12-15-18-19-20-25-33-42-59-49(55)37-31-27-32-40-54-45-47(62-51(57)39-41-53(4)5)44-48(54)52(58)60-43-34-26-21-24-30-38-50(56)61-46(35-28-22-16-13-10-7-2)36-29-23-17-14-11-8-3/h46-48H,6-45H2,1-5H3/t47?,48-/m0/s1. The maximum Gasteiger partial charge on any atom is 0.323 e. The Morgan fingerprint density at radius 3 is 1.50 bits per heavy atom. The molecule has 0 spiro atoms. The minimum atomic E-state index is -0.445. The molecule has 364 valence electrons. The molecule has 0 saturated carbocycles. The van der Waals surface area contributed by atoms with Crippen LogP contribution in [0.3, 0.4) is 0 Å². The van der Waals surface area contributed by atoms with Crippen LogP contribution in [0.5, 0.6) is 0 Å². The average molecular weight is 879 g/mol. The smallest absolute Gasteiger partial charge is 0.323 e. The second-order valence-electron chi connectivity index (χ2n) is 18.7. The minimum absolute atomic E-state index is 0.0502. The van der Waals surface area contributed by atoms with Crippen LogP contribution in [0.15, 0.2) is 0 Å². The minimum Gasteiger partial charge on any atom is -0.466 e. The Kier molecular flexibility index (Phi) is 38.7. The highest BCUT2D eigenvalue weighted by molar-refractivity contribution is 5.76. The van der Waals surface area contributed by atoms with Gasteiger partial charge in [-0.15, -0.1) is 0 Å². The van der Waals surface area contributed by atoms with Crippen molar-refractivity contribution in [3.8, 4) is 0 Å². The third kappa shape index (κ3) is 34.2. The highest BCUT2D eigenvalue weighted by atomic mass is 16.6. The lowest BCUT2D eigenvalue weighted by Crippen LogP contribution is -2.38. The molecule has 0 aromatic rings. The van der Waals surface area contributed by atoms with Crippen LogP contribution in [-0.2, 0) is 38.1 Å². The highest BCUT2D eigenvalue weighted by Crippen LogP contribution is 2.24. The third-order valence-corrected chi connectivity index (χ3v) is 12.4. The van der Waals surface area contributed by atoms with Crippen molar-refractivity contribution in [3.63, 3.8) is 0 Å². The van der Waals surface area contributed by atoms with E-state index in [9.17, 15) is 19.2 Å². The van der Waals surface area contributed by atoms with Crippen molar-refractivity contribution in [2.75, 3.05) is 46.9 Å². The molecule has 1 aliphatic rings. The van der Waals surface area contributed by atoms with Gasteiger partial charge in [-0.05, 0) is 78.4 Å². The van der Waals surface area contributed by atoms with Gasteiger partial charge in [-0.2, -0.15) is 0 Å². The Morgan fingerprint density at radius 1 is 0.516 bits per heavy atom. The molecule has 0 bridgehead atoms. The van der Waals surface area contributed by atoms with Gasteiger partial charge in [0.2, 0.25) is 0 Å². The lowest BCUT2D eigenvalue weighted by atomic mass is 10.0. The molecule has 2 atom stereocenters. The Bertz CT molecular complexity index is 1070. The zero-order valence-electron chi connectivity index (χ0n) is 41.2. The fourth-order valence-corrected chi connectivity index (χ4v) is 8.41. The molecule has 1 aliphatic heterocycles. The van der Waals surface area contributed by atoms with Crippen molar-refractivity contribution in [1.82, 2.24) is 9.80 Å². The summed E-state index contributed by atoms with van der Waals surface area (Å²) >= 11 is 0. The number of hydrogen-bond acceptors (Lipinski definition) is 10. The summed E-state index contributed by atoms with van der Waals surface area (Å²) in [5.74, 6) is -0.671. The number of hydrogen-bond donors (Lipinski definition) is 0. The van der Waals surface area contributed by atoms with Crippen molar-refractivity contribution < 1.29 is 38.1 Å². The lowest BCUT2D eigenvalue weighted by Gasteiger charge is -2.22. The number of carbonyl (C=O) groups is 4. The van der Waals surface area contributed by atoms with Crippen LogP contribution < -0.4 is 0 Å². The molecule has 1 unspecified atom stereocenters. The van der Waals surface area contributed by atoms with Gasteiger partial charge in [-0.3, -0.25) is 24.1 Å². The summed E-state index contributed by atoms with van der Waals surface area (Å²) in [6, 6.07) is -0.445. The summed E-state index contributed by atoms with van der Waals surface area (Å²) in [7, 11) is 3.85. The SMILES string of the molecule is CCCCCCCCCCCOC(=O)CCCCCN1CC(OC(=O)CCN(C)C)C[C@H]1C(=O)OCCCCCCCC(=O)OC(CCCCCCCC)CCCCCCCC. The van der Waals surface area contributed by atoms with Crippen molar-refractivity contribution >= 4 is 23.9 Å². The Balaban J connectivity index is 2.38. The average Bonchev–Trinajstić information content (AvgIpc) is 3.65. The van der Waals surface area contributed by atoms with Crippen LogP contribution in [0.25, 0.3) is 0 Å². The molecule has 1 fully saturated rings. The predicted octanol–water partition coefficient (Wildman–Crippen LogP) is 12.9. The van der Waals surface area contributed by atoms with E-state index < -0.39 is 6.04 Å². The molecule has 0 radical (unpaired) electrons. The van der Waals surface area contributed by atoms with E-state index in [2.05, 4.69) is 25.7 Å². The summed E-state index contributed by atoms with van der Waals surface area (Å²) in [6.45, 7) is 9.41. The third-order valence-electron chi connectivity index (χ3n) is 12.4. The largest absolute Gasteiger partial charge is 0.466 e. The van der Waals surface area contributed by atoms with Gasteiger partial charge in [0.25, 0.3) is 0 Å². The van der Waals surface area contributed by atoms with Crippen LogP contribution in [0.4, 0.5) is 0 Å². The van der Waals surface area contributed by atoms with Crippen molar-refractivity contribution in [1.29, 1.82) is 0 Å². The van der Waals surface area contributed by atoms with E-state index in [1.54, 1.807) is 0 Å². The quantitative estimate of drug-likeness (QED) is 0.0333. The van der Waals surface area contributed by atoms with Gasteiger partial charge in [-0.1, -0.05) is 162 Å². The normalized spacial score (nSPS) is 15.4. The molecule has 0 amide bonds. The summed E-state index contributed by atoms with van der Waals surface area (Å²) in [4.78, 5) is 55.0. The predicted molar refractivity (Wildman–Crippen MR) is 254 cm³/mol. The molecule has 0 aromatic carbocycles. The highest BCUT2D eigenvalue weighted by Gasteiger charge is 2.39. The van der Waals surface area contributed by atoms with Crippen LogP contribution in [0.1, 0.15) is 245 Å². The molecule has 10 heteroatoms. The van der Waals surface area contributed by atoms with Crippen molar-refractivity contribution in [3.05, 3.63) is 0 Å². The second-order valence-corrected chi connectivity index (χ2v) is 18.7. The van der Waals surface area contributed by atoms with Gasteiger partial charge in [-0.25, -0.2) is 0 Å². The van der Waals surface area contributed by atoms with Crippen LogP contribution in [0.2, 0.25) is 0 Å². The molecule has 10 nitrogen and oxygen atoms in total. The maximum atomic E-state index is 13.3. The molecule has 0 aliphatic carbocycles. The molecule has 0 N–H and O–H groups in total. The van der Waals surface area contributed by atoms with E-state index in [1.807, 2.05) is 19.0 Å². The van der Waals surface area contributed by atoms with Gasteiger partial charge >= 0.3 is 23.9 Å². The maximum absolute atomic E-state index is 13.3. The van der Waals surface area contributed by atoms with E-state index in [1.165, 1.54) is 109 Å². The second kappa shape index (κ2) is 41.5. The zero-order chi connectivity index (χ0) is 45.3. The number of likely N-dealkylation sites (tertiary alicyclic amines) is 1. The van der Waals surface area contributed by atoms with Crippen LogP contribution >= 0.6 is 0 Å². The van der Waals surface area contributed by atoms with Crippen LogP contribution in [0, 0.1) is 0 Å². The zero-order valence-corrected chi connectivity index (χ0v) is 41.2. The summed E-state index contributed by atoms with van der Waals surface area (Å²) < 4.78 is 23.1. The lowest BCUT2D eigenvalue weighted by molar-refractivity contribution is -0.151.